The summed E-state index contributed by atoms with van der Waals surface area (Å²) in [5.41, 5.74) is 5.82. The lowest BCUT2D eigenvalue weighted by Crippen LogP contribution is -2.20. The standard InChI is InChI=1S/C14H16N4O4/c1-18-12(13(15)19)8(7-16-18)17-14(20)11-9(21-2)5-4-6-10(11)22-3/h4-7H,1-3H3,(H2,15,19)(H,17,20). The van der Waals surface area contributed by atoms with Crippen molar-refractivity contribution >= 4 is 17.5 Å². The van der Waals surface area contributed by atoms with E-state index in [0.717, 1.165) is 0 Å². The van der Waals surface area contributed by atoms with Gasteiger partial charge in [0.05, 0.1) is 26.1 Å². The highest BCUT2D eigenvalue weighted by atomic mass is 16.5. The summed E-state index contributed by atoms with van der Waals surface area (Å²) in [4.78, 5) is 23.9. The van der Waals surface area contributed by atoms with Crippen molar-refractivity contribution in [2.75, 3.05) is 19.5 Å². The van der Waals surface area contributed by atoms with Crippen molar-refractivity contribution in [1.82, 2.24) is 9.78 Å². The van der Waals surface area contributed by atoms with Gasteiger partial charge in [-0.05, 0) is 12.1 Å². The van der Waals surface area contributed by atoms with E-state index in [1.54, 1.807) is 25.2 Å². The first-order valence-electron chi connectivity index (χ1n) is 6.33. The highest BCUT2D eigenvalue weighted by molar-refractivity contribution is 6.10. The van der Waals surface area contributed by atoms with Crippen LogP contribution in [0, 0.1) is 0 Å². The number of rotatable bonds is 5. The average Bonchev–Trinajstić information content (AvgIpc) is 2.86. The Morgan fingerprint density at radius 3 is 2.32 bits per heavy atom. The maximum atomic E-state index is 12.5. The minimum absolute atomic E-state index is 0.0993. The van der Waals surface area contributed by atoms with Crippen LogP contribution in [0.4, 0.5) is 5.69 Å². The zero-order valence-corrected chi connectivity index (χ0v) is 12.4. The fourth-order valence-electron chi connectivity index (χ4n) is 2.08. The van der Waals surface area contributed by atoms with Gasteiger partial charge >= 0.3 is 0 Å². The summed E-state index contributed by atoms with van der Waals surface area (Å²) in [6.45, 7) is 0. The molecule has 8 heteroatoms. The molecule has 22 heavy (non-hydrogen) atoms. The minimum atomic E-state index is -0.692. The van der Waals surface area contributed by atoms with Crippen LogP contribution in [0.1, 0.15) is 20.8 Å². The molecule has 0 saturated carbocycles. The lowest BCUT2D eigenvalue weighted by molar-refractivity contribution is 0.0992. The highest BCUT2D eigenvalue weighted by Crippen LogP contribution is 2.29. The van der Waals surface area contributed by atoms with Crippen LogP contribution in [0.15, 0.2) is 24.4 Å². The Labute approximate surface area is 126 Å². The third-order valence-electron chi connectivity index (χ3n) is 3.08. The summed E-state index contributed by atoms with van der Waals surface area (Å²) >= 11 is 0. The van der Waals surface area contributed by atoms with Crippen LogP contribution >= 0.6 is 0 Å². The Balaban J connectivity index is 2.40. The number of nitrogens with zero attached hydrogens (tertiary/aromatic N) is 2. The number of nitrogens with two attached hydrogens (primary N) is 1. The molecule has 0 aliphatic carbocycles. The smallest absolute Gasteiger partial charge is 0.269 e. The van der Waals surface area contributed by atoms with Crippen LogP contribution in [0.2, 0.25) is 0 Å². The summed E-state index contributed by atoms with van der Waals surface area (Å²) < 4.78 is 11.6. The van der Waals surface area contributed by atoms with E-state index in [4.69, 9.17) is 15.2 Å². The number of aromatic nitrogens is 2. The molecule has 1 aromatic carbocycles. The molecular weight excluding hydrogens is 288 g/mol. The number of aryl methyl sites for hydroxylation is 1. The number of anilines is 1. The maximum Gasteiger partial charge on any atom is 0.269 e. The van der Waals surface area contributed by atoms with E-state index in [1.807, 2.05) is 0 Å². The van der Waals surface area contributed by atoms with Crippen molar-refractivity contribution in [2.45, 2.75) is 0 Å². The van der Waals surface area contributed by atoms with Crippen LogP contribution in [0.25, 0.3) is 0 Å². The Morgan fingerprint density at radius 1 is 1.23 bits per heavy atom. The molecule has 2 rings (SSSR count). The average molecular weight is 304 g/mol. The first-order valence-corrected chi connectivity index (χ1v) is 6.33. The molecule has 2 amide bonds. The van der Waals surface area contributed by atoms with E-state index >= 15 is 0 Å². The number of ether oxygens (including phenoxy) is 2. The number of carbonyl (C=O) groups is 2. The van der Waals surface area contributed by atoms with Crippen molar-refractivity contribution in [2.24, 2.45) is 12.8 Å². The zero-order valence-electron chi connectivity index (χ0n) is 12.4. The zero-order chi connectivity index (χ0) is 16.3. The maximum absolute atomic E-state index is 12.5. The second-order valence-electron chi connectivity index (χ2n) is 4.39. The van der Waals surface area contributed by atoms with Gasteiger partial charge in [0.15, 0.2) is 0 Å². The van der Waals surface area contributed by atoms with E-state index in [0.29, 0.717) is 11.5 Å². The quantitative estimate of drug-likeness (QED) is 0.849. The van der Waals surface area contributed by atoms with Gasteiger partial charge in [0.2, 0.25) is 0 Å². The van der Waals surface area contributed by atoms with Crippen molar-refractivity contribution in [3.05, 3.63) is 35.7 Å². The summed E-state index contributed by atoms with van der Waals surface area (Å²) in [7, 11) is 4.45. The van der Waals surface area contributed by atoms with Crippen molar-refractivity contribution in [1.29, 1.82) is 0 Å². The van der Waals surface area contributed by atoms with Gasteiger partial charge < -0.3 is 20.5 Å². The predicted molar refractivity (Wildman–Crippen MR) is 79.2 cm³/mol. The summed E-state index contributed by atoms with van der Waals surface area (Å²) in [6, 6.07) is 4.97. The Kier molecular flexibility index (Phi) is 4.31. The molecule has 0 aliphatic rings. The van der Waals surface area contributed by atoms with E-state index in [9.17, 15) is 9.59 Å². The van der Waals surface area contributed by atoms with E-state index in [1.165, 1.54) is 25.1 Å². The summed E-state index contributed by atoms with van der Waals surface area (Å²) in [5.74, 6) is -0.491. The number of primary amides is 1. The number of hydrogen-bond donors (Lipinski definition) is 2. The van der Waals surface area contributed by atoms with Gasteiger partial charge in [0, 0.05) is 7.05 Å². The van der Waals surface area contributed by atoms with E-state index in [-0.39, 0.29) is 16.9 Å². The first kappa shape index (κ1) is 15.4. The first-order chi connectivity index (χ1) is 10.5. The topological polar surface area (TPSA) is 108 Å². The molecule has 1 heterocycles. The SMILES string of the molecule is COc1cccc(OC)c1C(=O)Nc1cnn(C)c1C(N)=O. The van der Waals surface area contributed by atoms with Gasteiger partial charge in [-0.25, -0.2) is 0 Å². The molecule has 0 saturated heterocycles. The fraction of sp³-hybridized carbons (Fsp3) is 0.214. The summed E-state index contributed by atoms with van der Waals surface area (Å²) in [5, 5.41) is 6.50. The second kappa shape index (κ2) is 6.17. The normalized spacial score (nSPS) is 10.1. The summed E-state index contributed by atoms with van der Waals surface area (Å²) in [6.07, 6.45) is 1.35. The van der Waals surface area contributed by atoms with Gasteiger partial charge in [0.25, 0.3) is 11.8 Å². The van der Waals surface area contributed by atoms with Gasteiger partial charge in [-0.15, -0.1) is 0 Å². The molecular formula is C14H16N4O4. The van der Waals surface area contributed by atoms with Crippen LogP contribution in [0.3, 0.4) is 0 Å². The number of benzene rings is 1. The molecule has 0 fully saturated rings. The van der Waals surface area contributed by atoms with Gasteiger partial charge in [-0.1, -0.05) is 6.07 Å². The largest absolute Gasteiger partial charge is 0.496 e. The van der Waals surface area contributed by atoms with Gasteiger partial charge in [-0.2, -0.15) is 5.10 Å². The van der Waals surface area contributed by atoms with Crippen molar-refractivity contribution in [3.63, 3.8) is 0 Å². The van der Waals surface area contributed by atoms with Crippen LogP contribution < -0.4 is 20.5 Å². The molecule has 3 N–H and O–H groups in total. The van der Waals surface area contributed by atoms with E-state index in [2.05, 4.69) is 10.4 Å². The highest BCUT2D eigenvalue weighted by Gasteiger charge is 2.22. The number of carbonyl (C=O) groups excluding carboxylic acids is 2. The number of nitrogens with one attached hydrogen (secondary N) is 1. The molecule has 0 spiro atoms. The Hall–Kier alpha value is -3.03. The third kappa shape index (κ3) is 2.71. The molecule has 2 aromatic rings. The van der Waals surface area contributed by atoms with E-state index < -0.39 is 11.8 Å². The third-order valence-corrected chi connectivity index (χ3v) is 3.08. The van der Waals surface area contributed by atoms with Crippen molar-refractivity contribution in [3.8, 4) is 11.5 Å². The molecule has 0 atom stereocenters. The Bertz CT molecular complexity index is 701. The molecule has 0 radical (unpaired) electrons. The molecule has 0 bridgehead atoms. The van der Waals surface area contributed by atoms with Crippen molar-refractivity contribution < 1.29 is 19.1 Å². The lowest BCUT2D eigenvalue weighted by Gasteiger charge is -2.12. The minimum Gasteiger partial charge on any atom is -0.496 e. The monoisotopic (exact) mass is 304 g/mol. The Morgan fingerprint density at radius 2 is 1.82 bits per heavy atom. The molecule has 0 aliphatic heterocycles. The van der Waals surface area contributed by atoms with Gasteiger partial charge in [0.1, 0.15) is 22.8 Å². The molecule has 116 valence electrons. The number of hydrogen-bond acceptors (Lipinski definition) is 5. The van der Waals surface area contributed by atoms with Crippen LogP contribution in [0.5, 0.6) is 11.5 Å². The molecule has 1 aromatic heterocycles. The number of amides is 2. The fourth-order valence-corrected chi connectivity index (χ4v) is 2.08. The second-order valence-corrected chi connectivity index (χ2v) is 4.39. The number of methoxy groups -OCH3 is 2. The van der Waals surface area contributed by atoms with Crippen LogP contribution in [-0.2, 0) is 7.05 Å². The molecule has 0 unspecified atom stereocenters. The van der Waals surface area contributed by atoms with Crippen LogP contribution in [-0.4, -0.2) is 35.8 Å². The predicted octanol–water partition coefficient (Wildman–Crippen LogP) is 0.788. The molecule has 8 nitrogen and oxygen atoms in total. The van der Waals surface area contributed by atoms with Gasteiger partial charge in [-0.3, -0.25) is 14.3 Å². The lowest BCUT2D eigenvalue weighted by atomic mass is 10.1.